The summed E-state index contributed by atoms with van der Waals surface area (Å²) in [5.74, 6) is -0.809. The fourth-order valence-corrected chi connectivity index (χ4v) is 3.35. The van der Waals surface area contributed by atoms with E-state index in [1.54, 1.807) is 11.3 Å². The van der Waals surface area contributed by atoms with Crippen LogP contribution in [0, 0.1) is 0 Å². The van der Waals surface area contributed by atoms with Gasteiger partial charge in [0, 0.05) is 24.5 Å². The van der Waals surface area contributed by atoms with Gasteiger partial charge in [0.05, 0.1) is 30.3 Å². The number of carbonyl (C=O) groups is 1. The Morgan fingerprint density at radius 3 is 2.84 bits per heavy atom. The molecule has 2 rings (SSSR count). The van der Waals surface area contributed by atoms with Crippen LogP contribution in [0.15, 0.2) is 0 Å². The van der Waals surface area contributed by atoms with Crippen LogP contribution in [0.4, 0.5) is 0 Å². The van der Waals surface area contributed by atoms with E-state index in [4.69, 9.17) is 9.84 Å². The molecule has 106 valence electrons. The minimum absolute atomic E-state index is 0.0277. The molecule has 0 saturated carbocycles. The fraction of sp³-hybridized carbons (Fsp3) is 0.692. The lowest BCUT2D eigenvalue weighted by atomic mass is 10.2. The van der Waals surface area contributed by atoms with Crippen molar-refractivity contribution in [1.29, 1.82) is 0 Å². The summed E-state index contributed by atoms with van der Waals surface area (Å²) < 4.78 is 5.33. The van der Waals surface area contributed by atoms with Crippen LogP contribution in [0.5, 0.6) is 0 Å². The van der Waals surface area contributed by atoms with Gasteiger partial charge in [-0.05, 0) is 12.8 Å². The van der Waals surface area contributed by atoms with Gasteiger partial charge in [0.1, 0.15) is 0 Å². The molecule has 5 nitrogen and oxygen atoms in total. The molecule has 0 radical (unpaired) electrons. The van der Waals surface area contributed by atoms with Crippen LogP contribution < -0.4 is 0 Å². The number of aliphatic carboxylic acids is 1. The van der Waals surface area contributed by atoms with Crippen LogP contribution in [0.25, 0.3) is 0 Å². The summed E-state index contributed by atoms with van der Waals surface area (Å²) in [4.78, 5) is 18.8. The molecule has 0 unspecified atom stereocenters. The summed E-state index contributed by atoms with van der Waals surface area (Å²) in [6, 6.07) is 0. The van der Waals surface area contributed by atoms with E-state index in [9.17, 15) is 4.79 Å². The third-order valence-corrected chi connectivity index (χ3v) is 4.22. The molecule has 1 N–H and O–H groups in total. The van der Waals surface area contributed by atoms with E-state index in [0.29, 0.717) is 0 Å². The van der Waals surface area contributed by atoms with Gasteiger partial charge in [-0.1, -0.05) is 6.92 Å². The fourth-order valence-electron chi connectivity index (χ4n) is 2.12. The van der Waals surface area contributed by atoms with Crippen molar-refractivity contribution in [3.05, 3.63) is 15.6 Å². The Labute approximate surface area is 117 Å². The Hall–Kier alpha value is -0.980. The predicted octanol–water partition coefficient (Wildman–Crippen LogP) is 1.55. The maximum Gasteiger partial charge on any atom is 0.309 e. The largest absolute Gasteiger partial charge is 0.481 e. The average Bonchev–Trinajstić information content (AvgIpc) is 2.72. The molecule has 0 spiro atoms. The standard InChI is InChI=1S/C13H20N2O3S/c1-2-3-12-14-10(8-13(16)17)11(19-12)9-15-4-6-18-7-5-15/h2-9H2,1H3,(H,16,17). The highest BCUT2D eigenvalue weighted by atomic mass is 32.1. The molecule has 0 bridgehead atoms. The highest BCUT2D eigenvalue weighted by Crippen LogP contribution is 2.22. The number of aromatic nitrogens is 1. The van der Waals surface area contributed by atoms with Gasteiger partial charge >= 0.3 is 5.97 Å². The van der Waals surface area contributed by atoms with Crippen LogP contribution in [0.3, 0.4) is 0 Å². The third kappa shape index (κ3) is 4.26. The minimum Gasteiger partial charge on any atom is -0.481 e. The summed E-state index contributed by atoms with van der Waals surface area (Å²) in [5.41, 5.74) is 0.743. The molecule has 0 aromatic carbocycles. The smallest absolute Gasteiger partial charge is 0.309 e. The van der Waals surface area contributed by atoms with Gasteiger partial charge in [-0.25, -0.2) is 4.98 Å². The zero-order valence-corrected chi connectivity index (χ0v) is 12.0. The number of hydrogen-bond acceptors (Lipinski definition) is 5. The summed E-state index contributed by atoms with van der Waals surface area (Å²) in [7, 11) is 0. The third-order valence-electron chi connectivity index (χ3n) is 3.08. The molecule has 0 atom stereocenters. The van der Waals surface area contributed by atoms with Gasteiger partial charge in [-0.15, -0.1) is 11.3 Å². The van der Waals surface area contributed by atoms with Gasteiger partial charge in [-0.3, -0.25) is 9.69 Å². The van der Waals surface area contributed by atoms with Gasteiger partial charge in [0.15, 0.2) is 0 Å². The van der Waals surface area contributed by atoms with Crippen LogP contribution >= 0.6 is 11.3 Å². The first-order chi connectivity index (χ1) is 9.19. The van der Waals surface area contributed by atoms with Gasteiger partial charge in [-0.2, -0.15) is 0 Å². The first-order valence-corrected chi connectivity index (χ1v) is 7.50. The molecular formula is C13H20N2O3S. The number of nitrogens with zero attached hydrogens (tertiary/aromatic N) is 2. The molecule has 0 aliphatic carbocycles. The molecule has 1 aromatic rings. The number of aryl methyl sites for hydroxylation is 1. The zero-order chi connectivity index (χ0) is 13.7. The second-order valence-corrected chi connectivity index (χ2v) is 5.85. The lowest BCUT2D eigenvalue weighted by Gasteiger charge is -2.26. The second kappa shape index (κ2) is 6.98. The number of hydrogen-bond donors (Lipinski definition) is 1. The molecule has 0 amide bonds. The van der Waals surface area contributed by atoms with Crippen molar-refractivity contribution < 1.29 is 14.6 Å². The normalized spacial score (nSPS) is 16.7. The van der Waals surface area contributed by atoms with Crippen molar-refractivity contribution in [2.45, 2.75) is 32.7 Å². The van der Waals surface area contributed by atoms with Gasteiger partial charge in [0.25, 0.3) is 0 Å². The molecule has 1 fully saturated rings. The zero-order valence-electron chi connectivity index (χ0n) is 11.2. The van der Waals surface area contributed by atoms with E-state index >= 15 is 0 Å². The highest BCUT2D eigenvalue weighted by molar-refractivity contribution is 7.11. The maximum atomic E-state index is 10.9. The van der Waals surface area contributed by atoms with E-state index in [0.717, 1.165) is 61.3 Å². The number of ether oxygens (including phenoxy) is 1. The lowest BCUT2D eigenvalue weighted by molar-refractivity contribution is -0.136. The van der Waals surface area contributed by atoms with E-state index in [1.807, 2.05) is 0 Å². The molecule has 2 heterocycles. The first kappa shape index (κ1) is 14.4. The van der Waals surface area contributed by atoms with E-state index in [2.05, 4.69) is 16.8 Å². The predicted molar refractivity (Wildman–Crippen MR) is 73.5 cm³/mol. The second-order valence-electron chi connectivity index (χ2n) is 4.69. The number of carboxylic acids is 1. The topological polar surface area (TPSA) is 62.7 Å². The van der Waals surface area contributed by atoms with Crippen LogP contribution in [0.2, 0.25) is 0 Å². The number of morpholine rings is 1. The number of thiazole rings is 1. The minimum atomic E-state index is -0.809. The van der Waals surface area contributed by atoms with Gasteiger partial charge < -0.3 is 9.84 Å². The Morgan fingerprint density at radius 1 is 1.47 bits per heavy atom. The van der Waals surface area contributed by atoms with E-state index in [1.165, 1.54) is 0 Å². The SMILES string of the molecule is CCCc1nc(CC(=O)O)c(CN2CCOCC2)s1. The van der Waals surface area contributed by atoms with Gasteiger partial charge in [0.2, 0.25) is 0 Å². The van der Waals surface area contributed by atoms with Crippen LogP contribution in [-0.2, 0) is 28.9 Å². The molecule has 19 heavy (non-hydrogen) atoms. The molecule has 1 aliphatic heterocycles. The Kier molecular flexibility index (Phi) is 5.30. The van der Waals surface area contributed by atoms with Crippen molar-refractivity contribution in [3.8, 4) is 0 Å². The molecule has 1 aromatic heterocycles. The van der Waals surface area contributed by atoms with E-state index < -0.39 is 5.97 Å². The first-order valence-electron chi connectivity index (χ1n) is 6.68. The van der Waals surface area contributed by atoms with Crippen molar-refractivity contribution in [2.75, 3.05) is 26.3 Å². The van der Waals surface area contributed by atoms with Crippen molar-refractivity contribution >= 4 is 17.3 Å². The number of rotatable bonds is 6. The summed E-state index contributed by atoms with van der Waals surface area (Å²) in [5, 5.41) is 10.0. The Balaban J connectivity index is 2.08. The van der Waals surface area contributed by atoms with Crippen LogP contribution in [0.1, 0.15) is 28.9 Å². The molecule has 1 aliphatic rings. The van der Waals surface area contributed by atoms with E-state index in [-0.39, 0.29) is 6.42 Å². The molecule has 1 saturated heterocycles. The lowest BCUT2D eigenvalue weighted by Crippen LogP contribution is -2.35. The summed E-state index contributed by atoms with van der Waals surface area (Å²) in [6.45, 7) is 6.25. The van der Waals surface area contributed by atoms with Crippen molar-refractivity contribution in [2.24, 2.45) is 0 Å². The monoisotopic (exact) mass is 284 g/mol. The van der Waals surface area contributed by atoms with Crippen LogP contribution in [-0.4, -0.2) is 47.3 Å². The highest BCUT2D eigenvalue weighted by Gasteiger charge is 2.18. The maximum absolute atomic E-state index is 10.9. The Bertz CT molecular complexity index is 428. The molecule has 6 heteroatoms. The summed E-state index contributed by atoms with van der Waals surface area (Å²) >= 11 is 1.66. The Morgan fingerprint density at radius 2 is 2.21 bits per heavy atom. The summed E-state index contributed by atoms with van der Waals surface area (Å²) in [6.07, 6.45) is 2.00. The van der Waals surface area contributed by atoms with Crippen molar-refractivity contribution in [3.63, 3.8) is 0 Å². The van der Waals surface area contributed by atoms with Crippen molar-refractivity contribution in [1.82, 2.24) is 9.88 Å². The number of carboxylic acid groups (broad SMARTS) is 1. The molecular weight excluding hydrogens is 264 g/mol. The average molecular weight is 284 g/mol. The quantitative estimate of drug-likeness (QED) is 0.859.